The van der Waals surface area contributed by atoms with Crippen molar-refractivity contribution in [3.8, 4) is 0 Å². The molecular weight excluding hydrogens is 337 g/mol. The van der Waals surface area contributed by atoms with E-state index in [0.29, 0.717) is 12.5 Å². The maximum atomic E-state index is 12.1. The molecule has 0 unspecified atom stereocenters. The van der Waals surface area contributed by atoms with Crippen LogP contribution in [0.1, 0.15) is 24.8 Å². The minimum atomic E-state index is 0.0443. The van der Waals surface area contributed by atoms with Gasteiger partial charge in [-0.05, 0) is 30.7 Å². The first kappa shape index (κ1) is 13.6. The molecule has 0 aliphatic heterocycles. The minimum absolute atomic E-state index is 0.0443. The van der Waals surface area contributed by atoms with Gasteiger partial charge in [-0.15, -0.1) is 0 Å². The van der Waals surface area contributed by atoms with Crippen LogP contribution in [0.4, 0.5) is 0 Å². The van der Waals surface area contributed by atoms with Crippen molar-refractivity contribution in [1.82, 2.24) is 5.32 Å². The lowest BCUT2D eigenvalue weighted by atomic mass is 9.93. The van der Waals surface area contributed by atoms with Gasteiger partial charge in [-0.1, -0.05) is 65.1 Å². The molecule has 0 heterocycles. The lowest BCUT2D eigenvalue weighted by Gasteiger charge is -2.21. The molecule has 2 nitrogen and oxygen atoms in total. The third-order valence-electron chi connectivity index (χ3n) is 3.23. The lowest BCUT2D eigenvalue weighted by Crippen LogP contribution is -2.35. The number of rotatable bonds is 4. The molecule has 0 spiro atoms. The van der Waals surface area contributed by atoms with Crippen LogP contribution < -0.4 is 5.32 Å². The van der Waals surface area contributed by atoms with Crippen molar-refractivity contribution in [1.29, 1.82) is 0 Å². The van der Waals surface area contributed by atoms with Crippen molar-refractivity contribution in [2.75, 3.05) is 0 Å². The van der Waals surface area contributed by atoms with E-state index in [1.165, 1.54) is 6.42 Å². The largest absolute Gasteiger partial charge is 0.351 e. The Morgan fingerprint density at radius 3 is 2.83 bits per heavy atom. The number of alkyl halides is 1. The zero-order valence-electron chi connectivity index (χ0n) is 10.3. The highest BCUT2D eigenvalue weighted by atomic mass is 127. The highest BCUT2D eigenvalue weighted by Gasteiger charge is 2.24. The number of amides is 1. The fourth-order valence-corrected chi connectivity index (χ4v) is 2.98. The molecule has 0 aromatic heterocycles. The van der Waals surface area contributed by atoms with E-state index in [9.17, 15) is 4.79 Å². The van der Waals surface area contributed by atoms with Gasteiger partial charge >= 0.3 is 0 Å². The van der Waals surface area contributed by atoms with Crippen molar-refractivity contribution in [3.63, 3.8) is 0 Å². The number of hydrogen-bond acceptors (Lipinski definition) is 1. The third kappa shape index (κ3) is 3.83. The van der Waals surface area contributed by atoms with Crippen LogP contribution >= 0.6 is 22.6 Å². The van der Waals surface area contributed by atoms with E-state index in [-0.39, 0.29) is 9.83 Å². The number of benzene rings is 1. The molecule has 0 fully saturated rings. The average Bonchev–Trinajstić information content (AvgIpc) is 2.46. The Hall–Kier alpha value is -0.840. The van der Waals surface area contributed by atoms with Gasteiger partial charge in [0.15, 0.2) is 0 Å². The molecule has 96 valence electrons. The summed E-state index contributed by atoms with van der Waals surface area (Å²) in [5.41, 5.74) is 1.15. The third-order valence-corrected chi connectivity index (χ3v) is 4.72. The van der Waals surface area contributed by atoms with Gasteiger partial charge in [0, 0.05) is 6.54 Å². The van der Waals surface area contributed by atoms with Gasteiger partial charge < -0.3 is 5.32 Å². The average molecular weight is 355 g/mol. The van der Waals surface area contributed by atoms with Crippen LogP contribution in [0.5, 0.6) is 0 Å². The minimum Gasteiger partial charge on any atom is -0.351 e. The fourth-order valence-electron chi connectivity index (χ4n) is 2.16. The van der Waals surface area contributed by atoms with Gasteiger partial charge in [0.1, 0.15) is 0 Å². The summed E-state index contributed by atoms with van der Waals surface area (Å²) in [5, 5.41) is 3.02. The number of allylic oxidation sites excluding steroid dienone is 2. The van der Waals surface area contributed by atoms with Gasteiger partial charge in [-0.25, -0.2) is 0 Å². The van der Waals surface area contributed by atoms with Crippen LogP contribution in [0.25, 0.3) is 0 Å². The van der Waals surface area contributed by atoms with Crippen molar-refractivity contribution in [3.05, 3.63) is 48.0 Å². The van der Waals surface area contributed by atoms with Crippen molar-refractivity contribution in [2.45, 2.75) is 29.7 Å². The van der Waals surface area contributed by atoms with E-state index in [1.54, 1.807) is 0 Å². The predicted molar refractivity (Wildman–Crippen MR) is 82.6 cm³/mol. The van der Waals surface area contributed by atoms with Crippen LogP contribution in [-0.4, -0.2) is 9.83 Å². The summed E-state index contributed by atoms with van der Waals surface area (Å²) in [6, 6.07) is 10.0. The first-order valence-electron chi connectivity index (χ1n) is 6.40. The molecule has 1 amide bonds. The molecule has 1 aliphatic carbocycles. The highest BCUT2D eigenvalue weighted by molar-refractivity contribution is 14.1. The van der Waals surface area contributed by atoms with Crippen LogP contribution in [0, 0.1) is 5.92 Å². The normalized spacial score (nSPS) is 20.4. The molecule has 0 saturated heterocycles. The quantitative estimate of drug-likeness (QED) is 0.500. The van der Waals surface area contributed by atoms with E-state index in [0.717, 1.165) is 18.4 Å². The highest BCUT2D eigenvalue weighted by Crippen LogP contribution is 2.25. The smallest absolute Gasteiger partial charge is 0.233 e. The molecule has 0 radical (unpaired) electrons. The van der Waals surface area contributed by atoms with E-state index in [4.69, 9.17) is 0 Å². The summed E-state index contributed by atoms with van der Waals surface area (Å²) in [6.45, 7) is 0.621. The number of halogens is 1. The SMILES string of the molecule is O=C(NCc1ccccc1)[C@H](I)[C@@H]1C=CCCC1. The molecule has 1 aromatic carbocycles. The predicted octanol–water partition coefficient (Wildman–Crippen LogP) is 3.46. The summed E-state index contributed by atoms with van der Waals surface area (Å²) in [5.74, 6) is 0.547. The van der Waals surface area contributed by atoms with Gasteiger partial charge in [-0.2, -0.15) is 0 Å². The maximum Gasteiger partial charge on any atom is 0.233 e. The second kappa shape index (κ2) is 6.92. The van der Waals surface area contributed by atoms with Gasteiger partial charge in [0.25, 0.3) is 0 Å². The lowest BCUT2D eigenvalue weighted by molar-refractivity contribution is -0.121. The van der Waals surface area contributed by atoms with Crippen LogP contribution in [0.3, 0.4) is 0 Å². The summed E-state index contributed by atoms with van der Waals surface area (Å²) in [4.78, 5) is 12.1. The molecule has 1 aliphatic rings. The fraction of sp³-hybridized carbons (Fsp3) is 0.400. The number of hydrogen-bond donors (Lipinski definition) is 1. The van der Waals surface area contributed by atoms with Gasteiger partial charge in [0.2, 0.25) is 5.91 Å². The number of carbonyl (C=O) groups excluding carboxylic acids is 1. The molecule has 0 saturated carbocycles. The Bertz CT molecular complexity index is 416. The van der Waals surface area contributed by atoms with Gasteiger partial charge in [0.05, 0.1) is 3.92 Å². The van der Waals surface area contributed by atoms with Crippen LogP contribution in [0.2, 0.25) is 0 Å². The molecular formula is C15H18INO. The molecule has 2 atom stereocenters. The Morgan fingerprint density at radius 1 is 1.39 bits per heavy atom. The number of carbonyl (C=O) groups is 1. The first-order chi connectivity index (χ1) is 8.77. The Balaban J connectivity index is 1.84. The summed E-state index contributed by atoms with van der Waals surface area (Å²) < 4.78 is 0.0443. The topological polar surface area (TPSA) is 29.1 Å². The standard InChI is InChI=1S/C15H18INO/c16-14(13-9-5-2-6-10-13)15(18)17-11-12-7-3-1-4-8-12/h1,3-5,7-9,13-14H,2,6,10-11H2,(H,17,18)/t13-,14-/m1/s1. The molecule has 2 rings (SSSR count). The molecule has 3 heteroatoms. The Labute approximate surface area is 122 Å². The molecule has 1 aromatic rings. The van der Waals surface area contributed by atoms with E-state index in [2.05, 4.69) is 40.1 Å². The number of nitrogens with one attached hydrogen (secondary N) is 1. The van der Waals surface area contributed by atoms with Crippen molar-refractivity contribution in [2.24, 2.45) is 5.92 Å². The van der Waals surface area contributed by atoms with Crippen molar-refractivity contribution < 1.29 is 4.79 Å². The first-order valence-corrected chi connectivity index (χ1v) is 7.64. The second-order valence-corrected chi connectivity index (χ2v) is 5.97. The zero-order valence-corrected chi connectivity index (χ0v) is 12.5. The second-order valence-electron chi connectivity index (χ2n) is 4.63. The van der Waals surface area contributed by atoms with E-state index >= 15 is 0 Å². The van der Waals surface area contributed by atoms with E-state index < -0.39 is 0 Å². The molecule has 1 N–H and O–H groups in total. The Kier molecular flexibility index (Phi) is 5.23. The summed E-state index contributed by atoms with van der Waals surface area (Å²) in [7, 11) is 0. The zero-order chi connectivity index (χ0) is 12.8. The van der Waals surface area contributed by atoms with Crippen LogP contribution in [0.15, 0.2) is 42.5 Å². The monoisotopic (exact) mass is 355 g/mol. The van der Waals surface area contributed by atoms with Gasteiger partial charge in [-0.3, -0.25) is 4.79 Å². The van der Waals surface area contributed by atoms with Crippen LogP contribution in [-0.2, 0) is 11.3 Å². The van der Waals surface area contributed by atoms with E-state index in [1.807, 2.05) is 30.3 Å². The summed E-state index contributed by atoms with van der Waals surface area (Å²) in [6.07, 6.45) is 7.88. The Morgan fingerprint density at radius 2 is 2.17 bits per heavy atom. The molecule has 0 bridgehead atoms. The van der Waals surface area contributed by atoms with Crippen molar-refractivity contribution >= 4 is 28.5 Å². The maximum absolute atomic E-state index is 12.1. The summed E-state index contributed by atoms with van der Waals surface area (Å²) >= 11 is 2.27. The molecule has 18 heavy (non-hydrogen) atoms.